The van der Waals surface area contributed by atoms with Crippen LogP contribution >= 0.6 is 27.3 Å². The quantitative estimate of drug-likeness (QED) is 0.866. The van der Waals surface area contributed by atoms with Gasteiger partial charge in [-0.25, -0.2) is 0 Å². The molecule has 1 N–H and O–H groups in total. The average Bonchev–Trinajstić information content (AvgIpc) is 2.66. The van der Waals surface area contributed by atoms with Gasteiger partial charge in [-0.15, -0.1) is 11.3 Å². The minimum atomic E-state index is 0.445. The Morgan fingerprint density at radius 2 is 2.38 bits per heavy atom. The molecule has 1 aliphatic rings. The van der Waals surface area contributed by atoms with Crippen LogP contribution in [-0.4, -0.2) is 13.1 Å². The molecule has 3 heteroatoms. The third-order valence-corrected chi connectivity index (χ3v) is 5.46. The minimum Gasteiger partial charge on any atom is -0.316 e. The zero-order chi connectivity index (χ0) is 11.8. The molecular formula is C13H20BrNS. The Labute approximate surface area is 111 Å². The predicted molar refractivity (Wildman–Crippen MR) is 75.2 cm³/mol. The van der Waals surface area contributed by atoms with E-state index in [1.807, 2.05) is 11.3 Å². The highest BCUT2D eigenvalue weighted by Gasteiger charge is 2.51. The summed E-state index contributed by atoms with van der Waals surface area (Å²) < 4.78 is 1.23. The van der Waals surface area contributed by atoms with Crippen molar-refractivity contribution >= 4 is 27.3 Å². The Morgan fingerprint density at radius 1 is 1.62 bits per heavy atom. The lowest BCUT2D eigenvalue weighted by atomic mass is 10.0. The van der Waals surface area contributed by atoms with Gasteiger partial charge in [0.05, 0.1) is 0 Å². The molecule has 1 aromatic heterocycles. The van der Waals surface area contributed by atoms with Gasteiger partial charge in [-0.3, -0.25) is 0 Å². The molecule has 16 heavy (non-hydrogen) atoms. The van der Waals surface area contributed by atoms with Crippen molar-refractivity contribution in [2.75, 3.05) is 13.1 Å². The first kappa shape index (κ1) is 12.6. The van der Waals surface area contributed by atoms with Gasteiger partial charge >= 0.3 is 0 Å². The topological polar surface area (TPSA) is 12.0 Å². The van der Waals surface area contributed by atoms with E-state index in [4.69, 9.17) is 0 Å². The number of halogens is 1. The van der Waals surface area contributed by atoms with Gasteiger partial charge in [-0.05, 0) is 53.3 Å². The molecule has 1 nitrogen and oxygen atoms in total. The first-order chi connectivity index (χ1) is 7.52. The summed E-state index contributed by atoms with van der Waals surface area (Å²) in [4.78, 5) is 1.54. The van der Waals surface area contributed by atoms with Crippen LogP contribution in [0.3, 0.4) is 0 Å². The van der Waals surface area contributed by atoms with Crippen molar-refractivity contribution in [1.82, 2.24) is 5.32 Å². The molecule has 0 saturated heterocycles. The van der Waals surface area contributed by atoms with Crippen LogP contribution in [0, 0.1) is 11.8 Å². The standard InChI is InChI=1S/C13H20BrNS/c1-9(2)6-15-7-10-5-13(10,3)12-4-11(14)8-16-12/h4,8-10,15H,5-7H2,1-3H3. The Kier molecular flexibility index (Phi) is 3.77. The van der Waals surface area contributed by atoms with Gasteiger partial charge in [0.15, 0.2) is 0 Å². The first-order valence-corrected chi connectivity index (χ1v) is 7.65. The van der Waals surface area contributed by atoms with Crippen LogP contribution in [0.1, 0.15) is 32.1 Å². The largest absolute Gasteiger partial charge is 0.316 e. The van der Waals surface area contributed by atoms with Crippen molar-refractivity contribution < 1.29 is 0 Å². The highest BCUT2D eigenvalue weighted by atomic mass is 79.9. The summed E-state index contributed by atoms with van der Waals surface area (Å²) in [6.07, 6.45) is 1.34. The number of nitrogens with one attached hydrogen (secondary N) is 1. The van der Waals surface area contributed by atoms with Gasteiger partial charge in [0.1, 0.15) is 0 Å². The van der Waals surface area contributed by atoms with E-state index in [2.05, 4.69) is 53.5 Å². The normalized spacial score (nSPS) is 28.7. The van der Waals surface area contributed by atoms with E-state index in [1.54, 1.807) is 0 Å². The summed E-state index contributed by atoms with van der Waals surface area (Å²) in [5.41, 5.74) is 0.445. The molecule has 0 aromatic carbocycles. The van der Waals surface area contributed by atoms with Crippen molar-refractivity contribution in [3.63, 3.8) is 0 Å². The molecule has 0 radical (unpaired) electrons. The highest BCUT2D eigenvalue weighted by molar-refractivity contribution is 9.10. The predicted octanol–water partition coefficient (Wildman–Crippen LogP) is 4.03. The van der Waals surface area contributed by atoms with Crippen molar-refractivity contribution in [3.8, 4) is 0 Å². The zero-order valence-corrected chi connectivity index (χ0v) is 12.6. The van der Waals surface area contributed by atoms with E-state index >= 15 is 0 Å². The van der Waals surface area contributed by atoms with Gasteiger partial charge in [-0.1, -0.05) is 20.8 Å². The second-order valence-electron chi connectivity index (χ2n) is 5.50. The van der Waals surface area contributed by atoms with E-state index in [9.17, 15) is 0 Å². The van der Waals surface area contributed by atoms with Crippen molar-refractivity contribution in [2.45, 2.75) is 32.6 Å². The maximum Gasteiger partial charge on any atom is 0.0285 e. The van der Waals surface area contributed by atoms with Crippen molar-refractivity contribution in [3.05, 3.63) is 20.8 Å². The van der Waals surface area contributed by atoms with Crippen LogP contribution in [0.25, 0.3) is 0 Å². The summed E-state index contributed by atoms with van der Waals surface area (Å²) in [6, 6.07) is 2.28. The van der Waals surface area contributed by atoms with Crippen LogP contribution in [-0.2, 0) is 5.41 Å². The summed E-state index contributed by atoms with van der Waals surface area (Å²) >= 11 is 5.43. The second-order valence-corrected chi connectivity index (χ2v) is 7.33. The van der Waals surface area contributed by atoms with E-state index in [0.717, 1.165) is 18.4 Å². The van der Waals surface area contributed by atoms with Gasteiger partial charge in [0, 0.05) is 20.1 Å². The molecule has 2 unspecified atom stereocenters. The summed E-state index contributed by atoms with van der Waals surface area (Å²) in [5.74, 6) is 1.58. The van der Waals surface area contributed by atoms with Gasteiger partial charge in [-0.2, -0.15) is 0 Å². The molecule has 0 amide bonds. The molecule has 1 heterocycles. The van der Waals surface area contributed by atoms with E-state index < -0.39 is 0 Å². The zero-order valence-electron chi connectivity index (χ0n) is 10.2. The lowest BCUT2D eigenvalue weighted by Gasteiger charge is -2.11. The summed E-state index contributed by atoms with van der Waals surface area (Å²) in [7, 11) is 0. The summed E-state index contributed by atoms with van der Waals surface area (Å²) in [6.45, 7) is 9.23. The summed E-state index contributed by atoms with van der Waals surface area (Å²) in [5, 5.41) is 5.76. The fourth-order valence-corrected chi connectivity index (χ4v) is 3.89. The Morgan fingerprint density at radius 3 is 2.94 bits per heavy atom. The van der Waals surface area contributed by atoms with Crippen LogP contribution in [0.15, 0.2) is 15.9 Å². The lowest BCUT2D eigenvalue weighted by molar-refractivity contribution is 0.517. The Balaban J connectivity index is 1.84. The maximum absolute atomic E-state index is 3.57. The maximum atomic E-state index is 3.57. The number of hydrogen-bond donors (Lipinski definition) is 1. The Bertz CT molecular complexity index is 361. The smallest absolute Gasteiger partial charge is 0.0285 e. The highest BCUT2D eigenvalue weighted by Crippen LogP contribution is 2.55. The molecule has 0 spiro atoms. The third kappa shape index (κ3) is 2.69. The van der Waals surface area contributed by atoms with E-state index in [0.29, 0.717) is 5.41 Å². The van der Waals surface area contributed by atoms with Crippen LogP contribution in [0.4, 0.5) is 0 Å². The van der Waals surface area contributed by atoms with Crippen molar-refractivity contribution in [1.29, 1.82) is 0 Å². The minimum absolute atomic E-state index is 0.445. The molecule has 1 aliphatic carbocycles. The SMILES string of the molecule is CC(C)CNCC1CC1(C)c1cc(Br)cs1. The van der Waals surface area contributed by atoms with Crippen LogP contribution in [0.5, 0.6) is 0 Å². The molecule has 0 aliphatic heterocycles. The second kappa shape index (κ2) is 4.79. The monoisotopic (exact) mass is 301 g/mol. The molecule has 1 saturated carbocycles. The molecule has 1 aromatic rings. The number of thiophene rings is 1. The molecule has 2 atom stereocenters. The van der Waals surface area contributed by atoms with E-state index in [-0.39, 0.29) is 0 Å². The molecular weight excluding hydrogens is 282 g/mol. The lowest BCUT2D eigenvalue weighted by Crippen LogP contribution is -2.24. The molecule has 0 bridgehead atoms. The fraction of sp³-hybridized carbons (Fsp3) is 0.692. The van der Waals surface area contributed by atoms with Crippen LogP contribution in [0.2, 0.25) is 0 Å². The third-order valence-electron chi connectivity index (χ3n) is 3.49. The number of rotatable bonds is 5. The van der Waals surface area contributed by atoms with Gasteiger partial charge < -0.3 is 5.32 Å². The van der Waals surface area contributed by atoms with Gasteiger partial charge in [0.25, 0.3) is 0 Å². The van der Waals surface area contributed by atoms with Gasteiger partial charge in [0.2, 0.25) is 0 Å². The Hall–Kier alpha value is 0.140. The average molecular weight is 302 g/mol. The van der Waals surface area contributed by atoms with E-state index in [1.165, 1.54) is 22.3 Å². The fourth-order valence-electron chi connectivity index (χ4n) is 2.21. The molecule has 90 valence electrons. The van der Waals surface area contributed by atoms with Crippen LogP contribution < -0.4 is 5.32 Å². The molecule has 1 fully saturated rings. The number of hydrogen-bond acceptors (Lipinski definition) is 2. The molecule has 2 rings (SSSR count). The van der Waals surface area contributed by atoms with Crippen molar-refractivity contribution in [2.24, 2.45) is 11.8 Å². The first-order valence-electron chi connectivity index (χ1n) is 5.97.